The molecule has 2 atom stereocenters. The van der Waals surface area contributed by atoms with Crippen molar-refractivity contribution in [1.29, 1.82) is 0 Å². The third-order valence-corrected chi connectivity index (χ3v) is 6.86. The number of carbonyl (C=O) groups excluding carboxylic acids is 2. The van der Waals surface area contributed by atoms with Crippen molar-refractivity contribution in [3.63, 3.8) is 0 Å². The van der Waals surface area contributed by atoms with Gasteiger partial charge in [0, 0.05) is 17.7 Å². The number of para-hydroxylation sites is 1. The Morgan fingerprint density at radius 2 is 1.93 bits per heavy atom. The first kappa shape index (κ1) is 18.9. The first-order valence-electron chi connectivity index (χ1n) is 9.54. The number of esters is 1. The lowest BCUT2D eigenvalue weighted by molar-refractivity contribution is -0.155. The van der Waals surface area contributed by atoms with E-state index in [0.717, 1.165) is 23.3 Å². The van der Waals surface area contributed by atoms with Gasteiger partial charge in [-0.2, -0.15) is 0 Å². The number of amides is 1. The molecule has 2 heterocycles. The summed E-state index contributed by atoms with van der Waals surface area (Å²) in [7, 11) is 0. The SMILES string of the molecule is CCOc1ccccc1COC(=O)[C@H]1CS[C@]2(c3ccccc3)CCC(=O)N12. The second-order valence-corrected chi connectivity index (χ2v) is 8.19. The second-order valence-electron chi connectivity index (χ2n) is 6.89. The third kappa shape index (κ3) is 3.26. The first-order valence-corrected chi connectivity index (χ1v) is 10.5. The van der Waals surface area contributed by atoms with Gasteiger partial charge in [0.1, 0.15) is 23.3 Å². The van der Waals surface area contributed by atoms with E-state index in [2.05, 4.69) is 0 Å². The predicted octanol–water partition coefficient (Wildman–Crippen LogP) is 3.72. The van der Waals surface area contributed by atoms with Crippen molar-refractivity contribution < 1.29 is 19.1 Å². The van der Waals surface area contributed by atoms with Gasteiger partial charge in [-0.1, -0.05) is 48.5 Å². The molecule has 4 rings (SSSR count). The smallest absolute Gasteiger partial charge is 0.330 e. The van der Waals surface area contributed by atoms with Crippen molar-refractivity contribution >= 4 is 23.6 Å². The van der Waals surface area contributed by atoms with Crippen molar-refractivity contribution in [2.75, 3.05) is 12.4 Å². The minimum atomic E-state index is -0.556. The first-order chi connectivity index (χ1) is 13.7. The number of rotatable bonds is 6. The zero-order chi connectivity index (χ0) is 19.6. The lowest BCUT2D eigenvalue weighted by Crippen LogP contribution is -2.46. The average molecular weight is 397 g/mol. The number of thioether (sulfide) groups is 1. The molecule has 0 spiro atoms. The average Bonchev–Trinajstić information content (AvgIpc) is 3.27. The van der Waals surface area contributed by atoms with Crippen molar-refractivity contribution in [1.82, 2.24) is 4.90 Å². The molecule has 146 valence electrons. The highest BCUT2D eigenvalue weighted by Gasteiger charge is 2.57. The predicted molar refractivity (Wildman–Crippen MR) is 108 cm³/mol. The Labute approximate surface area is 169 Å². The molecule has 2 aromatic rings. The quantitative estimate of drug-likeness (QED) is 0.696. The van der Waals surface area contributed by atoms with Crippen LogP contribution in [0.25, 0.3) is 0 Å². The minimum Gasteiger partial charge on any atom is -0.493 e. The van der Waals surface area contributed by atoms with Crippen LogP contribution in [0.15, 0.2) is 54.6 Å². The summed E-state index contributed by atoms with van der Waals surface area (Å²) in [6.07, 6.45) is 1.18. The Morgan fingerprint density at radius 1 is 1.18 bits per heavy atom. The molecule has 0 aliphatic carbocycles. The van der Waals surface area contributed by atoms with Crippen LogP contribution in [0.5, 0.6) is 5.75 Å². The van der Waals surface area contributed by atoms with Crippen LogP contribution in [-0.2, 0) is 25.8 Å². The molecular weight excluding hydrogens is 374 g/mol. The fourth-order valence-corrected chi connectivity index (χ4v) is 5.62. The van der Waals surface area contributed by atoms with E-state index in [1.807, 2.05) is 61.5 Å². The Hall–Kier alpha value is -2.47. The maximum atomic E-state index is 12.9. The van der Waals surface area contributed by atoms with Gasteiger partial charge in [-0.3, -0.25) is 4.79 Å². The monoisotopic (exact) mass is 397 g/mol. The summed E-state index contributed by atoms with van der Waals surface area (Å²) in [6.45, 7) is 2.60. The number of fused-ring (bicyclic) bond motifs is 1. The van der Waals surface area contributed by atoms with E-state index in [9.17, 15) is 9.59 Å². The van der Waals surface area contributed by atoms with E-state index in [1.54, 1.807) is 16.7 Å². The van der Waals surface area contributed by atoms with E-state index >= 15 is 0 Å². The third-order valence-electron chi connectivity index (χ3n) is 5.27. The van der Waals surface area contributed by atoms with Crippen LogP contribution in [0.1, 0.15) is 30.9 Å². The molecule has 0 unspecified atom stereocenters. The van der Waals surface area contributed by atoms with Crippen LogP contribution in [0.2, 0.25) is 0 Å². The highest BCUT2D eigenvalue weighted by molar-refractivity contribution is 8.00. The fraction of sp³-hybridized carbons (Fsp3) is 0.364. The molecular formula is C22H23NO4S. The van der Waals surface area contributed by atoms with Crippen molar-refractivity contribution in [3.8, 4) is 5.75 Å². The summed E-state index contributed by atoms with van der Waals surface area (Å²) in [5.41, 5.74) is 1.90. The minimum absolute atomic E-state index is 0.0190. The van der Waals surface area contributed by atoms with Crippen LogP contribution in [0, 0.1) is 0 Å². The van der Waals surface area contributed by atoms with Gasteiger partial charge in [0.2, 0.25) is 5.91 Å². The van der Waals surface area contributed by atoms with Crippen LogP contribution >= 0.6 is 11.8 Å². The Morgan fingerprint density at radius 3 is 2.71 bits per heavy atom. The van der Waals surface area contributed by atoms with Gasteiger partial charge < -0.3 is 14.4 Å². The molecule has 1 amide bonds. The molecule has 2 fully saturated rings. The Bertz CT molecular complexity index is 872. The molecule has 0 bridgehead atoms. The summed E-state index contributed by atoms with van der Waals surface area (Å²) in [4.78, 5) is 26.8. The zero-order valence-electron chi connectivity index (χ0n) is 15.8. The molecule has 6 heteroatoms. The van der Waals surface area contributed by atoms with E-state index in [4.69, 9.17) is 9.47 Å². The highest BCUT2D eigenvalue weighted by atomic mass is 32.2. The topological polar surface area (TPSA) is 55.8 Å². The number of nitrogens with zero attached hydrogens (tertiary/aromatic N) is 1. The molecule has 0 saturated carbocycles. The van der Waals surface area contributed by atoms with Crippen LogP contribution in [-0.4, -0.2) is 35.2 Å². The number of carbonyl (C=O) groups is 2. The molecule has 2 aliphatic heterocycles. The van der Waals surface area contributed by atoms with Gasteiger partial charge in [-0.05, 0) is 25.0 Å². The van der Waals surface area contributed by atoms with Crippen molar-refractivity contribution in [2.24, 2.45) is 0 Å². The van der Waals surface area contributed by atoms with Gasteiger partial charge in [-0.15, -0.1) is 11.8 Å². The lowest BCUT2D eigenvalue weighted by atomic mass is 10.0. The van der Waals surface area contributed by atoms with Gasteiger partial charge >= 0.3 is 5.97 Å². The van der Waals surface area contributed by atoms with Crippen molar-refractivity contribution in [2.45, 2.75) is 37.3 Å². The van der Waals surface area contributed by atoms with Crippen LogP contribution < -0.4 is 4.74 Å². The van der Waals surface area contributed by atoms with Crippen LogP contribution in [0.3, 0.4) is 0 Å². The number of ether oxygens (including phenoxy) is 2. The maximum absolute atomic E-state index is 12.9. The second kappa shape index (κ2) is 7.87. The van der Waals surface area contributed by atoms with Gasteiger partial charge in [0.15, 0.2) is 0 Å². The van der Waals surface area contributed by atoms with E-state index in [1.165, 1.54) is 0 Å². The Kier molecular flexibility index (Phi) is 5.31. The lowest BCUT2D eigenvalue weighted by Gasteiger charge is -2.33. The molecule has 0 aromatic heterocycles. The van der Waals surface area contributed by atoms with E-state index < -0.39 is 10.9 Å². The molecule has 5 nitrogen and oxygen atoms in total. The maximum Gasteiger partial charge on any atom is 0.330 e. The highest BCUT2D eigenvalue weighted by Crippen LogP contribution is 2.54. The fourth-order valence-electron chi connectivity index (χ4n) is 3.98. The largest absolute Gasteiger partial charge is 0.493 e. The summed E-state index contributed by atoms with van der Waals surface area (Å²) in [5, 5.41) is 0. The molecule has 2 aromatic carbocycles. The van der Waals surface area contributed by atoms with Crippen molar-refractivity contribution in [3.05, 3.63) is 65.7 Å². The summed E-state index contributed by atoms with van der Waals surface area (Å²) in [6, 6.07) is 16.9. The number of benzene rings is 2. The molecule has 2 saturated heterocycles. The number of hydrogen-bond acceptors (Lipinski definition) is 5. The summed E-state index contributed by atoms with van der Waals surface area (Å²) in [5.74, 6) is 0.930. The summed E-state index contributed by atoms with van der Waals surface area (Å²) >= 11 is 1.67. The Balaban J connectivity index is 1.51. The molecule has 28 heavy (non-hydrogen) atoms. The molecule has 2 aliphatic rings. The van der Waals surface area contributed by atoms with Gasteiger partial charge in [-0.25, -0.2) is 4.79 Å². The van der Waals surface area contributed by atoms with E-state index in [-0.39, 0.29) is 18.5 Å². The molecule has 0 N–H and O–H groups in total. The van der Waals surface area contributed by atoms with Crippen LogP contribution in [0.4, 0.5) is 0 Å². The molecule has 0 radical (unpaired) electrons. The summed E-state index contributed by atoms with van der Waals surface area (Å²) < 4.78 is 11.2. The standard InChI is InChI=1S/C22H23NO4S/c1-2-26-19-11-7-6-8-16(19)14-27-21(25)18-15-28-22(13-12-20(24)23(18)22)17-9-4-3-5-10-17/h3-11,18H,2,12-15H2,1H3/t18-,22+/m1/s1. The van der Waals surface area contributed by atoms with Gasteiger partial charge in [0.05, 0.1) is 6.61 Å². The normalized spacial score (nSPS) is 23.5. The van der Waals surface area contributed by atoms with E-state index in [0.29, 0.717) is 18.8 Å². The van der Waals surface area contributed by atoms with Gasteiger partial charge in [0.25, 0.3) is 0 Å². The zero-order valence-corrected chi connectivity index (χ0v) is 16.6. The number of hydrogen-bond donors (Lipinski definition) is 0.